The minimum absolute atomic E-state index is 0.157. The largest absolute Gasteiger partial charge is 0.463 e. The van der Waals surface area contributed by atoms with E-state index in [4.69, 9.17) is 19.3 Å². The van der Waals surface area contributed by atoms with Crippen molar-refractivity contribution in [1.29, 1.82) is 5.26 Å². The van der Waals surface area contributed by atoms with Crippen LogP contribution < -0.4 is 10.1 Å². The highest BCUT2D eigenvalue weighted by atomic mass is 16.6. The number of nitrogens with zero attached hydrogens (tertiary/aromatic N) is 2. The van der Waals surface area contributed by atoms with Crippen LogP contribution in [0.3, 0.4) is 0 Å². The minimum atomic E-state index is -1.05. The van der Waals surface area contributed by atoms with Gasteiger partial charge in [-0.15, -0.1) is 0 Å². The monoisotopic (exact) mass is 329 g/mol. The number of aromatic nitrogens is 1. The summed E-state index contributed by atoms with van der Waals surface area (Å²) in [6, 6.07) is 10.00. The van der Waals surface area contributed by atoms with Gasteiger partial charge in [-0.3, -0.25) is 4.79 Å². The van der Waals surface area contributed by atoms with Crippen LogP contribution in [0.2, 0.25) is 0 Å². The first-order valence-corrected chi connectivity index (χ1v) is 7.05. The Morgan fingerprint density at radius 2 is 2.17 bits per heavy atom. The van der Waals surface area contributed by atoms with E-state index in [9.17, 15) is 9.59 Å². The minimum Gasteiger partial charge on any atom is -0.463 e. The summed E-state index contributed by atoms with van der Waals surface area (Å²) in [5.41, 5.74) is 0.663. The number of amides is 1. The van der Waals surface area contributed by atoms with Gasteiger partial charge in [0.15, 0.2) is 12.7 Å². The van der Waals surface area contributed by atoms with E-state index in [0.717, 1.165) is 0 Å². The molecule has 0 spiro atoms. The van der Waals surface area contributed by atoms with E-state index in [1.165, 1.54) is 13.0 Å². The number of para-hydroxylation sites is 1. The quantitative estimate of drug-likeness (QED) is 0.804. The van der Waals surface area contributed by atoms with Gasteiger partial charge in [0, 0.05) is 6.07 Å². The number of ether oxygens (including phenoxy) is 2. The Balaban J connectivity index is 1.84. The molecular formula is C16H15N3O5. The fourth-order valence-electron chi connectivity index (χ4n) is 1.75. The molecular weight excluding hydrogens is 314 g/mol. The van der Waals surface area contributed by atoms with Crippen LogP contribution in [0.5, 0.6) is 5.88 Å². The molecule has 1 aromatic heterocycles. The van der Waals surface area contributed by atoms with Crippen LogP contribution in [-0.4, -0.2) is 29.7 Å². The number of nitriles is 1. The highest BCUT2D eigenvalue weighted by Gasteiger charge is 2.19. The summed E-state index contributed by atoms with van der Waals surface area (Å²) in [7, 11) is 0. The third-order valence-electron chi connectivity index (χ3n) is 2.93. The Labute approximate surface area is 138 Å². The average Bonchev–Trinajstić information content (AvgIpc) is 2.99. The Bertz CT molecular complexity index is 778. The van der Waals surface area contributed by atoms with Crippen molar-refractivity contribution in [2.75, 3.05) is 11.9 Å². The van der Waals surface area contributed by atoms with Crippen molar-refractivity contribution in [2.45, 2.75) is 20.0 Å². The molecule has 2 rings (SSSR count). The summed E-state index contributed by atoms with van der Waals surface area (Å²) < 4.78 is 14.8. The molecule has 2 aromatic rings. The number of esters is 1. The predicted molar refractivity (Wildman–Crippen MR) is 82.1 cm³/mol. The highest BCUT2D eigenvalue weighted by Crippen LogP contribution is 2.14. The molecule has 1 N–H and O–H groups in total. The topological polar surface area (TPSA) is 114 Å². The van der Waals surface area contributed by atoms with Crippen LogP contribution in [0.1, 0.15) is 18.2 Å². The Hall–Kier alpha value is -3.34. The molecule has 0 saturated heterocycles. The molecule has 0 bridgehead atoms. The van der Waals surface area contributed by atoms with Gasteiger partial charge in [0.05, 0.1) is 11.3 Å². The summed E-state index contributed by atoms with van der Waals surface area (Å²) in [5, 5.41) is 15.1. The smallest absolute Gasteiger partial charge is 0.345 e. The molecule has 1 heterocycles. The van der Waals surface area contributed by atoms with Crippen LogP contribution in [0.4, 0.5) is 5.69 Å². The lowest BCUT2D eigenvalue weighted by atomic mass is 10.2. The predicted octanol–water partition coefficient (Wildman–Crippen LogP) is 1.80. The fourth-order valence-corrected chi connectivity index (χ4v) is 1.75. The highest BCUT2D eigenvalue weighted by molar-refractivity contribution is 5.96. The van der Waals surface area contributed by atoms with Crippen molar-refractivity contribution >= 4 is 17.6 Å². The lowest BCUT2D eigenvalue weighted by molar-refractivity contribution is -0.155. The molecule has 24 heavy (non-hydrogen) atoms. The fraction of sp³-hybridized carbons (Fsp3) is 0.250. The second-order valence-electron chi connectivity index (χ2n) is 4.84. The number of rotatable bonds is 6. The van der Waals surface area contributed by atoms with Crippen molar-refractivity contribution in [3.63, 3.8) is 0 Å². The summed E-state index contributed by atoms with van der Waals surface area (Å²) in [4.78, 5) is 23.7. The van der Waals surface area contributed by atoms with E-state index in [1.807, 2.05) is 6.07 Å². The first kappa shape index (κ1) is 17.0. The van der Waals surface area contributed by atoms with Crippen molar-refractivity contribution in [3.05, 3.63) is 41.7 Å². The first-order chi connectivity index (χ1) is 11.5. The molecule has 0 aliphatic carbocycles. The number of aryl methyl sites for hydroxylation is 1. The van der Waals surface area contributed by atoms with Gasteiger partial charge in [-0.1, -0.05) is 12.1 Å². The maximum Gasteiger partial charge on any atom is 0.345 e. The van der Waals surface area contributed by atoms with Gasteiger partial charge in [-0.25, -0.2) is 4.79 Å². The molecule has 8 heteroatoms. The molecule has 1 atom stereocenters. The van der Waals surface area contributed by atoms with Crippen LogP contribution in [0, 0.1) is 18.3 Å². The number of anilines is 1. The zero-order chi connectivity index (χ0) is 17.5. The van der Waals surface area contributed by atoms with E-state index in [1.54, 1.807) is 31.2 Å². The number of hydrogen-bond donors (Lipinski definition) is 1. The molecule has 1 amide bonds. The molecule has 0 aliphatic rings. The number of benzene rings is 1. The molecule has 0 unspecified atom stereocenters. The number of carbonyl (C=O) groups is 2. The summed E-state index contributed by atoms with van der Waals surface area (Å²) in [5.74, 6) is -0.582. The second-order valence-corrected chi connectivity index (χ2v) is 4.84. The standard InChI is InChI=1S/C16H15N3O5/c1-10-7-14(19-24-10)22-9-15(20)23-11(2)16(21)18-13-6-4-3-5-12(13)8-17/h3-7,11H,9H2,1-2H3,(H,18,21)/t11-/m0/s1. The molecule has 1 aromatic carbocycles. The average molecular weight is 329 g/mol. The third kappa shape index (κ3) is 4.58. The number of nitrogens with one attached hydrogen (secondary N) is 1. The van der Waals surface area contributed by atoms with E-state index < -0.39 is 24.6 Å². The van der Waals surface area contributed by atoms with Crippen LogP contribution in [0.25, 0.3) is 0 Å². The van der Waals surface area contributed by atoms with Gasteiger partial charge in [0.1, 0.15) is 11.8 Å². The number of hydrogen-bond acceptors (Lipinski definition) is 7. The van der Waals surface area contributed by atoms with Gasteiger partial charge >= 0.3 is 5.97 Å². The van der Waals surface area contributed by atoms with E-state index in [2.05, 4.69) is 10.5 Å². The molecule has 0 fully saturated rings. The molecule has 0 radical (unpaired) electrons. The van der Waals surface area contributed by atoms with Crippen molar-refractivity contribution in [2.24, 2.45) is 0 Å². The lowest BCUT2D eigenvalue weighted by Gasteiger charge is -2.14. The third-order valence-corrected chi connectivity index (χ3v) is 2.93. The lowest BCUT2D eigenvalue weighted by Crippen LogP contribution is -2.31. The zero-order valence-corrected chi connectivity index (χ0v) is 13.1. The van der Waals surface area contributed by atoms with E-state index in [0.29, 0.717) is 17.0 Å². The summed E-state index contributed by atoms with van der Waals surface area (Å²) in [6.07, 6.45) is -1.05. The van der Waals surface area contributed by atoms with Crippen molar-refractivity contribution < 1.29 is 23.6 Å². The van der Waals surface area contributed by atoms with Crippen molar-refractivity contribution in [1.82, 2.24) is 5.16 Å². The molecule has 124 valence electrons. The maximum atomic E-state index is 12.0. The Morgan fingerprint density at radius 3 is 2.83 bits per heavy atom. The molecule has 0 aliphatic heterocycles. The van der Waals surface area contributed by atoms with Crippen LogP contribution in [0.15, 0.2) is 34.9 Å². The second kappa shape index (κ2) is 7.78. The molecule has 8 nitrogen and oxygen atoms in total. The van der Waals surface area contributed by atoms with Gasteiger partial charge in [0.25, 0.3) is 11.8 Å². The first-order valence-electron chi connectivity index (χ1n) is 7.05. The van der Waals surface area contributed by atoms with Gasteiger partial charge in [0.2, 0.25) is 0 Å². The van der Waals surface area contributed by atoms with Crippen LogP contribution >= 0.6 is 0 Å². The zero-order valence-electron chi connectivity index (χ0n) is 13.1. The SMILES string of the molecule is Cc1cc(OCC(=O)O[C@@H](C)C(=O)Nc2ccccc2C#N)no1. The van der Waals surface area contributed by atoms with E-state index >= 15 is 0 Å². The number of carbonyl (C=O) groups excluding carboxylic acids is 2. The maximum absolute atomic E-state index is 12.0. The van der Waals surface area contributed by atoms with Gasteiger partial charge < -0.3 is 19.3 Å². The van der Waals surface area contributed by atoms with Crippen molar-refractivity contribution in [3.8, 4) is 11.9 Å². The Kier molecular flexibility index (Phi) is 5.52. The molecule has 0 saturated carbocycles. The van der Waals surface area contributed by atoms with Gasteiger partial charge in [-0.2, -0.15) is 5.26 Å². The normalized spacial score (nSPS) is 11.2. The Morgan fingerprint density at radius 1 is 1.42 bits per heavy atom. The van der Waals surface area contributed by atoms with E-state index in [-0.39, 0.29) is 5.88 Å². The van der Waals surface area contributed by atoms with Crippen LogP contribution in [-0.2, 0) is 14.3 Å². The summed E-state index contributed by atoms with van der Waals surface area (Å²) >= 11 is 0. The van der Waals surface area contributed by atoms with Gasteiger partial charge in [-0.05, 0) is 31.1 Å². The summed E-state index contributed by atoms with van der Waals surface area (Å²) in [6.45, 7) is 2.70.